The van der Waals surface area contributed by atoms with Gasteiger partial charge in [0.2, 0.25) is 0 Å². The molecule has 0 amide bonds. The van der Waals surface area contributed by atoms with Crippen molar-refractivity contribution in [1.29, 1.82) is 0 Å². The number of rotatable bonds is 7. The molecule has 3 N–H and O–H groups in total. The molecular formula is C18H25ClN2O2+2. The summed E-state index contributed by atoms with van der Waals surface area (Å²) < 4.78 is 11.6. The van der Waals surface area contributed by atoms with Crippen molar-refractivity contribution >= 4 is 22.4 Å². The number of halogens is 1. The normalized spacial score (nSPS) is 15.9. The first kappa shape index (κ1) is 16.5. The Balaban J connectivity index is 1.41. The highest BCUT2D eigenvalue weighted by atomic mass is 35.5. The first-order chi connectivity index (χ1) is 11.3. The fraction of sp³-hybridized carbons (Fsp3) is 0.444. The molecule has 1 heterocycles. The molecule has 0 bridgehead atoms. The van der Waals surface area contributed by atoms with Crippen molar-refractivity contribution < 1.29 is 19.7 Å². The predicted octanol–water partition coefficient (Wildman–Crippen LogP) is 0.351. The van der Waals surface area contributed by atoms with Crippen LogP contribution >= 0.6 is 11.6 Å². The monoisotopic (exact) mass is 336 g/mol. The topological polar surface area (TPSA) is 39.5 Å². The number of nitrogens with two attached hydrogens (primary N) is 1. The summed E-state index contributed by atoms with van der Waals surface area (Å²) in [6, 6.07) is 11.9. The lowest BCUT2D eigenvalue weighted by atomic mass is 10.1. The van der Waals surface area contributed by atoms with E-state index in [4.69, 9.17) is 21.1 Å². The summed E-state index contributed by atoms with van der Waals surface area (Å²) in [7, 11) is 0. The third-order valence-electron chi connectivity index (χ3n) is 4.32. The van der Waals surface area contributed by atoms with E-state index in [0.717, 1.165) is 34.7 Å². The largest absolute Gasteiger partial charge is 0.491 e. The fourth-order valence-corrected chi connectivity index (χ4v) is 3.25. The van der Waals surface area contributed by atoms with Gasteiger partial charge < -0.3 is 19.7 Å². The smallest absolute Gasteiger partial charge is 0.127 e. The molecule has 23 heavy (non-hydrogen) atoms. The van der Waals surface area contributed by atoms with Crippen LogP contribution in [0.25, 0.3) is 10.8 Å². The highest BCUT2D eigenvalue weighted by Crippen LogP contribution is 2.31. The molecule has 0 saturated carbocycles. The van der Waals surface area contributed by atoms with Crippen molar-refractivity contribution in [3.8, 4) is 5.75 Å². The number of nitrogens with one attached hydrogen (secondary N) is 1. The first-order valence-electron chi connectivity index (χ1n) is 8.37. The van der Waals surface area contributed by atoms with E-state index >= 15 is 0 Å². The minimum Gasteiger partial charge on any atom is -0.491 e. The fourth-order valence-electron chi connectivity index (χ4n) is 3.02. The highest BCUT2D eigenvalue weighted by Gasteiger charge is 2.14. The lowest BCUT2D eigenvalue weighted by Crippen LogP contribution is -3.20. The van der Waals surface area contributed by atoms with Gasteiger partial charge in [-0.1, -0.05) is 35.9 Å². The van der Waals surface area contributed by atoms with Crippen molar-refractivity contribution in [2.45, 2.75) is 0 Å². The van der Waals surface area contributed by atoms with E-state index in [2.05, 4.69) is 5.32 Å². The zero-order chi connectivity index (χ0) is 15.9. The number of piperazine rings is 1. The Morgan fingerprint density at radius 1 is 0.957 bits per heavy atom. The van der Waals surface area contributed by atoms with E-state index in [-0.39, 0.29) is 0 Å². The Bertz CT molecular complexity index is 629. The van der Waals surface area contributed by atoms with Crippen molar-refractivity contribution in [2.24, 2.45) is 0 Å². The number of hydrogen-bond acceptors (Lipinski definition) is 2. The van der Waals surface area contributed by atoms with Gasteiger partial charge in [-0.05, 0) is 12.1 Å². The first-order valence-corrected chi connectivity index (χ1v) is 8.75. The zero-order valence-corrected chi connectivity index (χ0v) is 14.1. The Morgan fingerprint density at radius 2 is 1.74 bits per heavy atom. The molecular weight excluding hydrogens is 312 g/mol. The Hall–Kier alpha value is -1.33. The molecule has 3 rings (SSSR count). The van der Waals surface area contributed by atoms with Gasteiger partial charge in [-0.2, -0.15) is 0 Å². The molecule has 4 nitrogen and oxygen atoms in total. The quantitative estimate of drug-likeness (QED) is 0.716. The van der Waals surface area contributed by atoms with Crippen molar-refractivity contribution in [3.63, 3.8) is 0 Å². The van der Waals surface area contributed by atoms with Crippen LogP contribution in [-0.4, -0.2) is 52.5 Å². The van der Waals surface area contributed by atoms with E-state index in [1.54, 1.807) is 4.90 Å². The Morgan fingerprint density at radius 3 is 2.57 bits per heavy atom. The van der Waals surface area contributed by atoms with E-state index in [1.807, 2.05) is 36.4 Å². The second-order valence-electron chi connectivity index (χ2n) is 5.92. The van der Waals surface area contributed by atoms with Crippen molar-refractivity contribution in [2.75, 3.05) is 52.5 Å². The van der Waals surface area contributed by atoms with Crippen LogP contribution in [0.4, 0.5) is 0 Å². The molecule has 0 spiro atoms. The molecule has 2 aromatic rings. The Labute approximate surface area is 142 Å². The van der Waals surface area contributed by atoms with Gasteiger partial charge in [-0.15, -0.1) is 0 Å². The summed E-state index contributed by atoms with van der Waals surface area (Å²) in [4.78, 5) is 1.65. The van der Waals surface area contributed by atoms with E-state index in [9.17, 15) is 0 Å². The van der Waals surface area contributed by atoms with Crippen LogP contribution in [0, 0.1) is 0 Å². The molecule has 1 aliphatic rings. The molecule has 0 atom stereocenters. The average Bonchev–Trinajstić information content (AvgIpc) is 2.61. The molecule has 2 aromatic carbocycles. The van der Waals surface area contributed by atoms with Gasteiger partial charge in [0, 0.05) is 15.8 Å². The van der Waals surface area contributed by atoms with Crippen LogP contribution in [0.1, 0.15) is 0 Å². The van der Waals surface area contributed by atoms with Crippen molar-refractivity contribution in [3.05, 3.63) is 41.4 Å². The SMILES string of the molecule is Clc1ccc(OCCOCC[NH+]2CC[NH2+]CC2)c2ccccc12. The number of quaternary nitrogens is 2. The van der Waals surface area contributed by atoms with Gasteiger partial charge in [-0.25, -0.2) is 0 Å². The number of fused-ring (bicyclic) bond motifs is 1. The van der Waals surface area contributed by atoms with Gasteiger partial charge in [0.15, 0.2) is 0 Å². The molecule has 0 aromatic heterocycles. The molecule has 1 saturated heterocycles. The number of ether oxygens (including phenoxy) is 2. The second kappa shape index (κ2) is 8.50. The summed E-state index contributed by atoms with van der Waals surface area (Å²) >= 11 is 6.22. The van der Waals surface area contributed by atoms with E-state index < -0.39 is 0 Å². The van der Waals surface area contributed by atoms with Crippen LogP contribution in [0.2, 0.25) is 5.02 Å². The second-order valence-corrected chi connectivity index (χ2v) is 6.33. The standard InChI is InChI=1S/C18H23ClN2O2/c19-17-5-6-18(16-4-2-1-3-15(16)17)23-14-13-22-12-11-21-9-7-20-8-10-21/h1-6,20H,7-14H2/p+2. The highest BCUT2D eigenvalue weighted by molar-refractivity contribution is 6.35. The molecule has 0 radical (unpaired) electrons. The predicted molar refractivity (Wildman–Crippen MR) is 92.5 cm³/mol. The lowest BCUT2D eigenvalue weighted by Gasteiger charge is -2.21. The van der Waals surface area contributed by atoms with E-state index in [1.165, 1.54) is 26.2 Å². The van der Waals surface area contributed by atoms with Gasteiger partial charge in [0.05, 0.1) is 13.2 Å². The maximum absolute atomic E-state index is 6.22. The molecule has 0 unspecified atom stereocenters. The minimum absolute atomic E-state index is 0.564. The zero-order valence-electron chi connectivity index (χ0n) is 13.4. The van der Waals surface area contributed by atoms with Crippen LogP contribution in [-0.2, 0) is 4.74 Å². The molecule has 1 fully saturated rings. The van der Waals surface area contributed by atoms with Gasteiger partial charge in [-0.3, -0.25) is 0 Å². The Kier molecular flexibility index (Phi) is 6.11. The molecule has 0 aliphatic carbocycles. The molecule has 124 valence electrons. The average molecular weight is 337 g/mol. The maximum Gasteiger partial charge on any atom is 0.127 e. The van der Waals surface area contributed by atoms with Gasteiger partial charge in [0.1, 0.15) is 45.1 Å². The van der Waals surface area contributed by atoms with Gasteiger partial charge in [0.25, 0.3) is 0 Å². The minimum atomic E-state index is 0.564. The summed E-state index contributed by atoms with van der Waals surface area (Å²) in [6.45, 7) is 8.06. The maximum atomic E-state index is 6.22. The van der Waals surface area contributed by atoms with E-state index in [0.29, 0.717) is 13.2 Å². The van der Waals surface area contributed by atoms with Crippen LogP contribution < -0.4 is 15.0 Å². The van der Waals surface area contributed by atoms with Crippen LogP contribution in [0.3, 0.4) is 0 Å². The number of benzene rings is 2. The third kappa shape index (κ3) is 4.58. The summed E-state index contributed by atoms with van der Waals surface area (Å²) in [5.74, 6) is 0.866. The summed E-state index contributed by atoms with van der Waals surface area (Å²) in [5, 5.41) is 5.22. The van der Waals surface area contributed by atoms with Gasteiger partial charge >= 0.3 is 0 Å². The molecule has 1 aliphatic heterocycles. The summed E-state index contributed by atoms with van der Waals surface area (Å²) in [5.41, 5.74) is 0. The third-order valence-corrected chi connectivity index (χ3v) is 4.65. The van der Waals surface area contributed by atoms with Crippen LogP contribution in [0.5, 0.6) is 5.75 Å². The number of hydrogen-bond donors (Lipinski definition) is 2. The molecule has 5 heteroatoms. The van der Waals surface area contributed by atoms with Crippen molar-refractivity contribution in [1.82, 2.24) is 0 Å². The lowest BCUT2D eigenvalue weighted by molar-refractivity contribution is -0.947. The van der Waals surface area contributed by atoms with Crippen LogP contribution in [0.15, 0.2) is 36.4 Å². The summed E-state index contributed by atoms with van der Waals surface area (Å²) in [6.07, 6.45) is 0.